The summed E-state index contributed by atoms with van der Waals surface area (Å²) in [5, 5.41) is 0. The number of H-pyrrole nitrogens is 1. The Morgan fingerprint density at radius 2 is 1.83 bits per heavy atom. The van der Waals surface area contributed by atoms with Crippen LogP contribution in [0.15, 0.2) is 24.3 Å². The molecule has 1 N–H and O–H groups in total. The van der Waals surface area contributed by atoms with Crippen molar-refractivity contribution in [2.24, 2.45) is 5.92 Å². The summed E-state index contributed by atoms with van der Waals surface area (Å²) >= 11 is 0. The number of aromatic nitrogens is 2. The summed E-state index contributed by atoms with van der Waals surface area (Å²) in [6, 6.07) is 8.11. The van der Waals surface area contributed by atoms with Crippen LogP contribution in [0.1, 0.15) is 38.5 Å². The number of nitrogens with zero attached hydrogens (tertiary/aromatic N) is 3. The summed E-state index contributed by atoms with van der Waals surface area (Å²) in [6.45, 7) is 3.33. The van der Waals surface area contributed by atoms with Crippen molar-refractivity contribution in [2.45, 2.75) is 38.5 Å². The number of carbonyl (C=O) groups excluding carboxylic acids is 1. The molecule has 2 fully saturated rings. The van der Waals surface area contributed by atoms with Crippen molar-refractivity contribution in [2.75, 3.05) is 31.1 Å². The number of aromatic amines is 1. The van der Waals surface area contributed by atoms with E-state index in [-0.39, 0.29) is 0 Å². The molecule has 5 heteroatoms. The highest BCUT2D eigenvalue weighted by molar-refractivity contribution is 5.78. The molecule has 0 spiro atoms. The van der Waals surface area contributed by atoms with Gasteiger partial charge in [-0.2, -0.15) is 0 Å². The first-order valence-corrected chi connectivity index (χ1v) is 9.27. The van der Waals surface area contributed by atoms with Crippen molar-refractivity contribution in [1.29, 1.82) is 0 Å². The van der Waals surface area contributed by atoms with Gasteiger partial charge in [0.2, 0.25) is 11.9 Å². The Morgan fingerprint density at radius 1 is 1.08 bits per heavy atom. The Kier molecular flexibility index (Phi) is 4.41. The van der Waals surface area contributed by atoms with Gasteiger partial charge >= 0.3 is 0 Å². The lowest BCUT2D eigenvalue weighted by atomic mass is 9.86. The van der Waals surface area contributed by atoms with Crippen molar-refractivity contribution in [3.63, 3.8) is 0 Å². The molecule has 2 heterocycles. The van der Waals surface area contributed by atoms with E-state index in [1.54, 1.807) is 0 Å². The van der Waals surface area contributed by atoms with E-state index in [1.165, 1.54) is 32.1 Å². The van der Waals surface area contributed by atoms with Gasteiger partial charge in [-0.25, -0.2) is 4.98 Å². The lowest BCUT2D eigenvalue weighted by Gasteiger charge is -2.35. The van der Waals surface area contributed by atoms with E-state index < -0.39 is 0 Å². The van der Waals surface area contributed by atoms with Crippen LogP contribution in [0.2, 0.25) is 0 Å². The maximum atomic E-state index is 12.5. The summed E-state index contributed by atoms with van der Waals surface area (Å²) in [7, 11) is 0. The van der Waals surface area contributed by atoms with Gasteiger partial charge in [0, 0.05) is 32.6 Å². The van der Waals surface area contributed by atoms with E-state index in [9.17, 15) is 4.79 Å². The molecule has 24 heavy (non-hydrogen) atoms. The quantitative estimate of drug-likeness (QED) is 0.942. The van der Waals surface area contributed by atoms with Crippen LogP contribution >= 0.6 is 0 Å². The van der Waals surface area contributed by atoms with E-state index in [1.807, 2.05) is 23.1 Å². The molecule has 0 bridgehead atoms. The smallest absolute Gasteiger partial charge is 0.222 e. The number of benzene rings is 1. The molecule has 1 aromatic carbocycles. The summed E-state index contributed by atoms with van der Waals surface area (Å²) < 4.78 is 0. The van der Waals surface area contributed by atoms with Gasteiger partial charge in [0.1, 0.15) is 0 Å². The van der Waals surface area contributed by atoms with E-state index >= 15 is 0 Å². The maximum Gasteiger partial charge on any atom is 0.222 e. The van der Waals surface area contributed by atoms with Gasteiger partial charge < -0.3 is 14.8 Å². The standard InChI is InChI=1S/C19H26N4O/c24-18(14-15-6-2-1-3-7-15)22-10-12-23(13-11-22)19-20-16-8-4-5-9-17(16)21-19/h4-5,8-9,15H,1-3,6-7,10-14H2,(H,20,21). The first-order chi connectivity index (χ1) is 11.8. The molecule has 1 saturated carbocycles. The van der Waals surface area contributed by atoms with Gasteiger partial charge in [-0.15, -0.1) is 0 Å². The summed E-state index contributed by atoms with van der Waals surface area (Å²) in [4.78, 5) is 24.9. The Morgan fingerprint density at radius 3 is 2.58 bits per heavy atom. The van der Waals surface area contributed by atoms with Gasteiger partial charge in [0.15, 0.2) is 0 Å². The first-order valence-electron chi connectivity index (χ1n) is 9.27. The van der Waals surface area contributed by atoms with E-state index in [2.05, 4.69) is 20.9 Å². The number of anilines is 1. The van der Waals surface area contributed by atoms with Crippen LogP contribution in [0, 0.1) is 5.92 Å². The Labute approximate surface area is 143 Å². The van der Waals surface area contributed by atoms with Crippen LogP contribution in [-0.4, -0.2) is 47.0 Å². The normalized spacial score (nSPS) is 19.8. The van der Waals surface area contributed by atoms with Gasteiger partial charge in [0.25, 0.3) is 0 Å². The molecule has 2 aromatic rings. The fraction of sp³-hybridized carbons (Fsp3) is 0.579. The number of hydrogen-bond donors (Lipinski definition) is 1. The molecule has 5 nitrogen and oxygen atoms in total. The second kappa shape index (κ2) is 6.83. The van der Waals surface area contributed by atoms with Crippen LogP contribution in [0.25, 0.3) is 11.0 Å². The lowest BCUT2D eigenvalue weighted by Crippen LogP contribution is -2.49. The van der Waals surface area contributed by atoms with Crippen molar-refractivity contribution >= 4 is 22.9 Å². The maximum absolute atomic E-state index is 12.5. The minimum Gasteiger partial charge on any atom is -0.339 e. The number of imidazole rings is 1. The molecule has 1 saturated heterocycles. The first kappa shape index (κ1) is 15.5. The van der Waals surface area contributed by atoms with Crippen molar-refractivity contribution < 1.29 is 4.79 Å². The second-order valence-corrected chi connectivity index (χ2v) is 7.15. The molecule has 128 valence electrons. The average Bonchev–Trinajstić information content (AvgIpc) is 3.07. The zero-order valence-corrected chi connectivity index (χ0v) is 14.2. The molecule has 1 aliphatic carbocycles. The SMILES string of the molecule is O=C(CC1CCCCC1)N1CCN(c2nc3ccccc3[nH]2)CC1. The predicted octanol–water partition coefficient (Wildman–Crippen LogP) is 3.18. The summed E-state index contributed by atoms with van der Waals surface area (Å²) in [5.41, 5.74) is 2.08. The van der Waals surface area contributed by atoms with Gasteiger partial charge in [-0.3, -0.25) is 4.79 Å². The number of rotatable bonds is 3. The Bertz CT molecular complexity index is 663. The van der Waals surface area contributed by atoms with Gasteiger partial charge in [-0.05, 0) is 30.9 Å². The minimum absolute atomic E-state index is 0.353. The zero-order valence-electron chi connectivity index (χ0n) is 14.2. The second-order valence-electron chi connectivity index (χ2n) is 7.15. The molecule has 2 aliphatic rings. The highest BCUT2D eigenvalue weighted by Gasteiger charge is 2.25. The third-order valence-electron chi connectivity index (χ3n) is 5.50. The minimum atomic E-state index is 0.353. The number of para-hydroxylation sites is 2. The molecule has 1 amide bonds. The fourth-order valence-corrected chi connectivity index (χ4v) is 4.02. The molecule has 0 atom stereocenters. The fourth-order valence-electron chi connectivity index (χ4n) is 4.02. The number of fused-ring (bicyclic) bond motifs is 1. The lowest BCUT2D eigenvalue weighted by molar-refractivity contribution is -0.132. The number of hydrogen-bond acceptors (Lipinski definition) is 3. The number of piperazine rings is 1. The molecule has 4 rings (SSSR count). The zero-order chi connectivity index (χ0) is 16.4. The summed E-state index contributed by atoms with van der Waals surface area (Å²) in [5.74, 6) is 1.90. The highest BCUT2D eigenvalue weighted by atomic mass is 16.2. The third kappa shape index (κ3) is 3.25. The van der Waals surface area contributed by atoms with Crippen molar-refractivity contribution in [3.8, 4) is 0 Å². The average molecular weight is 326 g/mol. The van der Waals surface area contributed by atoms with Crippen LogP contribution in [0.4, 0.5) is 5.95 Å². The monoisotopic (exact) mass is 326 g/mol. The van der Waals surface area contributed by atoms with E-state index in [0.29, 0.717) is 11.8 Å². The molecule has 0 radical (unpaired) electrons. The van der Waals surface area contributed by atoms with E-state index in [4.69, 9.17) is 0 Å². The molecule has 0 unspecified atom stereocenters. The number of nitrogens with one attached hydrogen (secondary N) is 1. The largest absolute Gasteiger partial charge is 0.339 e. The van der Waals surface area contributed by atoms with Gasteiger partial charge in [-0.1, -0.05) is 31.4 Å². The van der Waals surface area contributed by atoms with Crippen molar-refractivity contribution in [3.05, 3.63) is 24.3 Å². The van der Waals surface area contributed by atoms with Crippen LogP contribution in [-0.2, 0) is 4.79 Å². The Hall–Kier alpha value is -2.04. The van der Waals surface area contributed by atoms with Crippen LogP contribution in [0.3, 0.4) is 0 Å². The number of amides is 1. The predicted molar refractivity (Wildman–Crippen MR) is 96.1 cm³/mol. The molecule has 1 aromatic heterocycles. The van der Waals surface area contributed by atoms with Crippen LogP contribution < -0.4 is 4.90 Å². The third-order valence-corrected chi connectivity index (χ3v) is 5.50. The molecular formula is C19H26N4O. The molecular weight excluding hydrogens is 300 g/mol. The van der Waals surface area contributed by atoms with Crippen molar-refractivity contribution in [1.82, 2.24) is 14.9 Å². The number of carbonyl (C=O) groups is 1. The van der Waals surface area contributed by atoms with Crippen LogP contribution in [0.5, 0.6) is 0 Å². The molecule has 1 aliphatic heterocycles. The Balaban J connectivity index is 1.33. The highest BCUT2D eigenvalue weighted by Crippen LogP contribution is 2.27. The topological polar surface area (TPSA) is 52.2 Å². The summed E-state index contributed by atoms with van der Waals surface area (Å²) in [6.07, 6.45) is 7.19. The van der Waals surface area contributed by atoms with E-state index in [0.717, 1.165) is 49.6 Å². The van der Waals surface area contributed by atoms with Gasteiger partial charge in [0.05, 0.1) is 11.0 Å².